The maximum Gasteiger partial charge on any atom is 0.303 e. The summed E-state index contributed by atoms with van der Waals surface area (Å²) in [6.45, 7) is 4.18. The van der Waals surface area contributed by atoms with Crippen LogP contribution in [0.15, 0.2) is 18.2 Å². The predicted octanol–water partition coefficient (Wildman–Crippen LogP) is 3.10. The summed E-state index contributed by atoms with van der Waals surface area (Å²) in [6, 6.07) is 6.50. The Hall–Kier alpha value is -1.31. The van der Waals surface area contributed by atoms with E-state index in [0.29, 0.717) is 6.42 Å². The van der Waals surface area contributed by atoms with E-state index in [9.17, 15) is 4.79 Å². The van der Waals surface area contributed by atoms with Gasteiger partial charge in [-0.15, -0.1) is 0 Å². The lowest BCUT2D eigenvalue weighted by molar-refractivity contribution is -0.138. The average molecular weight is 218 g/mol. The molecule has 0 amide bonds. The smallest absolute Gasteiger partial charge is 0.303 e. The normalized spacial score (nSPS) is 17.1. The zero-order valence-electron chi connectivity index (χ0n) is 9.92. The van der Waals surface area contributed by atoms with Crippen molar-refractivity contribution in [3.05, 3.63) is 34.9 Å². The molecule has 86 valence electrons. The van der Waals surface area contributed by atoms with E-state index in [1.807, 2.05) is 0 Å². The van der Waals surface area contributed by atoms with Crippen LogP contribution >= 0.6 is 0 Å². The topological polar surface area (TPSA) is 37.3 Å². The second-order valence-corrected chi connectivity index (χ2v) is 5.24. The van der Waals surface area contributed by atoms with Gasteiger partial charge in [0.25, 0.3) is 0 Å². The Labute approximate surface area is 96.3 Å². The largest absolute Gasteiger partial charge is 0.481 e. The van der Waals surface area contributed by atoms with Gasteiger partial charge in [-0.25, -0.2) is 0 Å². The summed E-state index contributed by atoms with van der Waals surface area (Å²) in [5.74, 6) is -0.665. The summed E-state index contributed by atoms with van der Waals surface area (Å²) in [5, 5.41) is 8.88. The van der Waals surface area contributed by atoms with Crippen molar-refractivity contribution in [2.24, 2.45) is 5.41 Å². The van der Waals surface area contributed by atoms with Gasteiger partial charge in [-0.2, -0.15) is 0 Å². The second kappa shape index (κ2) is 3.93. The lowest BCUT2D eigenvalue weighted by Gasteiger charge is -2.13. The fourth-order valence-electron chi connectivity index (χ4n) is 2.52. The maximum atomic E-state index is 10.8. The van der Waals surface area contributed by atoms with Gasteiger partial charge in [0.1, 0.15) is 0 Å². The first-order chi connectivity index (χ1) is 7.49. The van der Waals surface area contributed by atoms with Gasteiger partial charge < -0.3 is 5.11 Å². The number of carboxylic acid groups (broad SMARTS) is 1. The molecule has 0 heterocycles. The molecule has 1 aliphatic rings. The molecule has 2 heteroatoms. The zero-order chi connectivity index (χ0) is 11.8. The molecule has 0 atom stereocenters. The second-order valence-electron chi connectivity index (χ2n) is 5.24. The van der Waals surface area contributed by atoms with Gasteiger partial charge in [0.15, 0.2) is 0 Å². The Morgan fingerprint density at radius 3 is 2.25 bits per heavy atom. The molecule has 0 spiro atoms. The molecule has 1 aliphatic carbocycles. The van der Waals surface area contributed by atoms with E-state index in [4.69, 9.17) is 5.11 Å². The van der Waals surface area contributed by atoms with Crippen molar-refractivity contribution in [1.29, 1.82) is 0 Å². The highest BCUT2D eigenvalue weighted by molar-refractivity contribution is 5.68. The fourth-order valence-corrected chi connectivity index (χ4v) is 2.52. The van der Waals surface area contributed by atoms with Crippen LogP contribution in [0.4, 0.5) is 0 Å². The molecular formula is C14H18O2. The van der Waals surface area contributed by atoms with Gasteiger partial charge in [-0.1, -0.05) is 29.3 Å². The Kier molecular flexibility index (Phi) is 2.75. The van der Waals surface area contributed by atoms with Crippen molar-refractivity contribution < 1.29 is 9.90 Å². The summed E-state index contributed by atoms with van der Waals surface area (Å²) in [5.41, 5.74) is 3.88. The standard InChI is InChI=1S/C14H18O2/c1-10-5-11(2)7-12(6-10)8-14(3-4-14)9-13(15)16/h5-7H,3-4,8-9H2,1-2H3,(H,15,16). The molecule has 0 radical (unpaired) electrons. The summed E-state index contributed by atoms with van der Waals surface area (Å²) in [7, 11) is 0. The minimum Gasteiger partial charge on any atom is -0.481 e. The van der Waals surface area contributed by atoms with E-state index in [0.717, 1.165) is 19.3 Å². The minimum absolute atomic E-state index is 0.0616. The van der Waals surface area contributed by atoms with Crippen LogP contribution in [0.1, 0.15) is 36.0 Å². The monoisotopic (exact) mass is 218 g/mol. The van der Waals surface area contributed by atoms with Crippen LogP contribution in [0, 0.1) is 19.3 Å². The minimum atomic E-state index is -0.665. The fraction of sp³-hybridized carbons (Fsp3) is 0.500. The molecule has 16 heavy (non-hydrogen) atoms. The van der Waals surface area contributed by atoms with Gasteiger partial charge in [-0.3, -0.25) is 4.79 Å². The summed E-state index contributed by atoms with van der Waals surface area (Å²) in [4.78, 5) is 10.8. The number of aryl methyl sites for hydroxylation is 2. The molecule has 1 aromatic carbocycles. The zero-order valence-corrected chi connectivity index (χ0v) is 9.92. The SMILES string of the molecule is Cc1cc(C)cc(CC2(CC(=O)O)CC2)c1. The number of rotatable bonds is 4. The van der Waals surface area contributed by atoms with Gasteiger partial charge >= 0.3 is 5.97 Å². The molecule has 0 unspecified atom stereocenters. The average Bonchev–Trinajstić information content (AvgIpc) is 2.80. The third-order valence-electron chi connectivity index (χ3n) is 3.34. The van der Waals surface area contributed by atoms with Gasteiger partial charge in [-0.05, 0) is 44.1 Å². The lowest BCUT2D eigenvalue weighted by Crippen LogP contribution is -2.11. The van der Waals surface area contributed by atoms with Crippen molar-refractivity contribution >= 4 is 5.97 Å². The van der Waals surface area contributed by atoms with Crippen LogP contribution < -0.4 is 0 Å². The molecule has 0 bridgehead atoms. The van der Waals surface area contributed by atoms with Crippen LogP contribution in [0.5, 0.6) is 0 Å². The van der Waals surface area contributed by atoms with Gasteiger partial charge in [0.2, 0.25) is 0 Å². The Bertz CT molecular complexity index is 396. The molecule has 1 saturated carbocycles. The van der Waals surface area contributed by atoms with Gasteiger partial charge in [0, 0.05) is 0 Å². The highest BCUT2D eigenvalue weighted by atomic mass is 16.4. The molecule has 1 fully saturated rings. The van der Waals surface area contributed by atoms with E-state index in [2.05, 4.69) is 32.0 Å². The highest BCUT2D eigenvalue weighted by Gasteiger charge is 2.44. The molecule has 0 aromatic heterocycles. The van der Waals surface area contributed by atoms with E-state index in [1.165, 1.54) is 16.7 Å². The van der Waals surface area contributed by atoms with Crippen LogP contribution in [-0.2, 0) is 11.2 Å². The van der Waals surface area contributed by atoms with Crippen LogP contribution in [0.25, 0.3) is 0 Å². The summed E-state index contributed by atoms with van der Waals surface area (Å²) in [6.07, 6.45) is 3.36. The number of hydrogen-bond donors (Lipinski definition) is 1. The first-order valence-corrected chi connectivity index (χ1v) is 5.78. The first kappa shape index (κ1) is 11.2. The van der Waals surface area contributed by atoms with Crippen molar-refractivity contribution in [2.45, 2.75) is 39.5 Å². The van der Waals surface area contributed by atoms with Crippen molar-refractivity contribution in [2.75, 3.05) is 0 Å². The number of aliphatic carboxylic acids is 1. The Morgan fingerprint density at radius 1 is 1.25 bits per heavy atom. The third-order valence-corrected chi connectivity index (χ3v) is 3.34. The van der Waals surface area contributed by atoms with Crippen molar-refractivity contribution in [1.82, 2.24) is 0 Å². The van der Waals surface area contributed by atoms with E-state index >= 15 is 0 Å². The van der Waals surface area contributed by atoms with Crippen molar-refractivity contribution in [3.8, 4) is 0 Å². The molecule has 0 saturated heterocycles. The molecule has 2 rings (SSSR count). The molecular weight excluding hydrogens is 200 g/mol. The highest BCUT2D eigenvalue weighted by Crippen LogP contribution is 2.51. The summed E-state index contributed by atoms with van der Waals surface area (Å²) < 4.78 is 0. The Balaban J connectivity index is 2.11. The van der Waals surface area contributed by atoms with Gasteiger partial charge in [0.05, 0.1) is 6.42 Å². The maximum absolute atomic E-state index is 10.8. The molecule has 0 aliphatic heterocycles. The summed E-state index contributed by atoms with van der Waals surface area (Å²) >= 11 is 0. The predicted molar refractivity (Wildman–Crippen MR) is 63.5 cm³/mol. The lowest BCUT2D eigenvalue weighted by atomic mass is 9.91. The van der Waals surface area contributed by atoms with Crippen LogP contribution in [-0.4, -0.2) is 11.1 Å². The molecule has 1 aromatic rings. The number of hydrogen-bond acceptors (Lipinski definition) is 1. The van der Waals surface area contributed by atoms with E-state index < -0.39 is 5.97 Å². The number of benzene rings is 1. The number of carboxylic acids is 1. The van der Waals surface area contributed by atoms with Crippen molar-refractivity contribution in [3.63, 3.8) is 0 Å². The molecule has 1 N–H and O–H groups in total. The van der Waals surface area contributed by atoms with E-state index in [1.54, 1.807) is 0 Å². The quantitative estimate of drug-likeness (QED) is 0.843. The Morgan fingerprint density at radius 2 is 1.81 bits per heavy atom. The third kappa shape index (κ3) is 2.63. The number of carbonyl (C=O) groups is 1. The van der Waals surface area contributed by atoms with Crippen LogP contribution in [0.2, 0.25) is 0 Å². The van der Waals surface area contributed by atoms with E-state index in [-0.39, 0.29) is 5.41 Å². The first-order valence-electron chi connectivity index (χ1n) is 5.78. The van der Waals surface area contributed by atoms with Crippen LogP contribution in [0.3, 0.4) is 0 Å². The molecule has 2 nitrogen and oxygen atoms in total.